The summed E-state index contributed by atoms with van der Waals surface area (Å²) in [6.07, 6.45) is -0.335. The first-order valence-corrected chi connectivity index (χ1v) is 8.39. The van der Waals surface area contributed by atoms with Gasteiger partial charge in [0.05, 0.1) is 6.04 Å². The van der Waals surface area contributed by atoms with E-state index in [-0.39, 0.29) is 30.3 Å². The molecule has 1 N–H and O–H groups in total. The second-order valence-electron chi connectivity index (χ2n) is 7.09. The number of anilines is 1. The largest absolute Gasteiger partial charge is 0.457 e. The van der Waals surface area contributed by atoms with Crippen molar-refractivity contribution in [1.82, 2.24) is 0 Å². The Morgan fingerprint density at radius 1 is 1.16 bits per heavy atom. The van der Waals surface area contributed by atoms with Crippen LogP contribution in [0.2, 0.25) is 0 Å². The fraction of sp³-hybridized carbons (Fsp3) is 0.350. The van der Waals surface area contributed by atoms with Crippen LogP contribution in [0, 0.1) is 5.41 Å². The lowest BCUT2D eigenvalue weighted by atomic mass is 9.70. The molecule has 2 aromatic rings. The van der Waals surface area contributed by atoms with E-state index in [4.69, 9.17) is 14.2 Å². The van der Waals surface area contributed by atoms with E-state index in [0.717, 1.165) is 28.3 Å². The molecule has 5 nitrogen and oxygen atoms in total. The van der Waals surface area contributed by atoms with Crippen molar-refractivity contribution in [3.05, 3.63) is 53.6 Å². The Bertz CT molecular complexity index is 830. The van der Waals surface area contributed by atoms with Crippen molar-refractivity contribution in [2.75, 3.05) is 12.1 Å². The number of hydrogen-bond acceptors (Lipinski definition) is 5. The van der Waals surface area contributed by atoms with Gasteiger partial charge in [-0.2, -0.15) is 0 Å². The van der Waals surface area contributed by atoms with E-state index < -0.39 is 0 Å². The first kappa shape index (κ1) is 15.8. The van der Waals surface area contributed by atoms with Gasteiger partial charge in [-0.15, -0.1) is 0 Å². The van der Waals surface area contributed by atoms with Gasteiger partial charge in [0.25, 0.3) is 0 Å². The zero-order valence-corrected chi connectivity index (χ0v) is 14.5. The van der Waals surface area contributed by atoms with Gasteiger partial charge in [-0.3, -0.25) is 4.79 Å². The van der Waals surface area contributed by atoms with Crippen molar-refractivity contribution in [2.24, 2.45) is 5.41 Å². The molecule has 2 heterocycles. The van der Waals surface area contributed by atoms with Crippen LogP contribution in [0.25, 0.3) is 0 Å². The van der Waals surface area contributed by atoms with Gasteiger partial charge in [0.15, 0.2) is 11.5 Å². The summed E-state index contributed by atoms with van der Waals surface area (Å²) >= 11 is 0. The van der Waals surface area contributed by atoms with Gasteiger partial charge in [-0.05, 0) is 23.8 Å². The van der Waals surface area contributed by atoms with Crippen LogP contribution in [0.4, 0.5) is 5.69 Å². The highest BCUT2D eigenvalue weighted by atomic mass is 16.7. The van der Waals surface area contributed by atoms with Crippen LogP contribution in [0.5, 0.6) is 11.5 Å². The SMILES string of the molecule is CC(=O)O[C@H]1c2ccccc2N[C@H](c2ccc3c(c2)OCO3)C1(C)C. The summed E-state index contributed by atoms with van der Waals surface area (Å²) in [5, 5.41) is 3.61. The van der Waals surface area contributed by atoms with Crippen LogP contribution in [-0.4, -0.2) is 12.8 Å². The van der Waals surface area contributed by atoms with Crippen LogP contribution in [-0.2, 0) is 9.53 Å². The summed E-state index contributed by atoms with van der Waals surface area (Å²) in [7, 11) is 0. The van der Waals surface area contributed by atoms with Crippen molar-refractivity contribution >= 4 is 11.7 Å². The number of para-hydroxylation sites is 1. The van der Waals surface area contributed by atoms with Crippen molar-refractivity contribution in [1.29, 1.82) is 0 Å². The Morgan fingerprint density at radius 3 is 2.72 bits per heavy atom. The minimum Gasteiger partial charge on any atom is -0.457 e. The van der Waals surface area contributed by atoms with Crippen molar-refractivity contribution < 1.29 is 19.0 Å². The van der Waals surface area contributed by atoms with E-state index >= 15 is 0 Å². The Morgan fingerprint density at radius 2 is 1.92 bits per heavy atom. The maximum absolute atomic E-state index is 11.7. The van der Waals surface area contributed by atoms with Crippen molar-refractivity contribution in [3.8, 4) is 11.5 Å². The fourth-order valence-electron chi connectivity index (χ4n) is 3.74. The standard InChI is InChI=1S/C20H21NO4/c1-12(22)25-19-14-6-4-5-7-15(14)21-18(20(19,2)3)13-8-9-16-17(10-13)24-11-23-16/h4-10,18-19,21H,11H2,1-3H3/t18-,19+/m1/s1. The third kappa shape index (κ3) is 2.60. The molecule has 130 valence electrons. The normalized spacial score (nSPS) is 22.7. The summed E-state index contributed by atoms with van der Waals surface area (Å²) in [4.78, 5) is 11.7. The Labute approximate surface area is 146 Å². The van der Waals surface area contributed by atoms with Crippen LogP contribution in [0.15, 0.2) is 42.5 Å². The molecule has 0 unspecified atom stereocenters. The van der Waals surface area contributed by atoms with E-state index in [2.05, 4.69) is 19.2 Å². The smallest absolute Gasteiger partial charge is 0.303 e. The third-order valence-corrected chi connectivity index (χ3v) is 4.98. The predicted octanol–water partition coefficient (Wildman–Crippen LogP) is 4.21. The highest BCUT2D eigenvalue weighted by Crippen LogP contribution is 2.53. The number of benzene rings is 2. The summed E-state index contributed by atoms with van der Waals surface area (Å²) in [5.74, 6) is 1.23. The van der Waals surface area contributed by atoms with E-state index in [1.807, 2.05) is 42.5 Å². The van der Waals surface area contributed by atoms with E-state index in [1.165, 1.54) is 6.92 Å². The summed E-state index contributed by atoms with van der Waals surface area (Å²) in [6.45, 7) is 5.92. The summed E-state index contributed by atoms with van der Waals surface area (Å²) < 4.78 is 16.7. The molecule has 4 rings (SSSR count). The number of nitrogens with one attached hydrogen (secondary N) is 1. The van der Waals surface area contributed by atoms with Gasteiger partial charge in [0, 0.05) is 23.6 Å². The number of rotatable bonds is 2. The Balaban J connectivity index is 1.79. The topological polar surface area (TPSA) is 56.8 Å². The van der Waals surface area contributed by atoms with E-state index in [1.54, 1.807) is 0 Å². The van der Waals surface area contributed by atoms with Gasteiger partial charge in [0.1, 0.15) is 6.10 Å². The molecule has 0 amide bonds. The zero-order chi connectivity index (χ0) is 17.6. The second kappa shape index (κ2) is 5.69. The quantitative estimate of drug-likeness (QED) is 0.831. The first-order valence-electron chi connectivity index (χ1n) is 8.39. The number of carbonyl (C=O) groups is 1. The minimum absolute atomic E-state index is 0.0405. The van der Waals surface area contributed by atoms with Gasteiger partial charge < -0.3 is 19.5 Å². The number of fused-ring (bicyclic) bond motifs is 2. The molecule has 0 spiro atoms. The molecule has 2 aliphatic heterocycles. The second-order valence-corrected chi connectivity index (χ2v) is 7.09. The number of esters is 1. The van der Waals surface area contributed by atoms with Crippen LogP contribution < -0.4 is 14.8 Å². The Kier molecular flexibility index (Phi) is 3.60. The maximum Gasteiger partial charge on any atom is 0.303 e. The van der Waals surface area contributed by atoms with Gasteiger partial charge in [0.2, 0.25) is 6.79 Å². The molecule has 0 fully saturated rings. The molecule has 0 bridgehead atoms. The number of carbonyl (C=O) groups excluding carboxylic acids is 1. The molecule has 0 aliphatic carbocycles. The molecule has 0 radical (unpaired) electrons. The van der Waals surface area contributed by atoms with E-state index in [0.29, 0.717) is 0 Å². The molecule has 0 aromatic heterocycles. The molecular weight excluding hydrogens is 318 g/mol. The van der Waals surface area contributed by atoms with Crippen LogP contribution >= 0.6 is 0 Å². The maximum atomic E-state index is 11.7. The predicted molar refractivity (Wildman–Crippen MR) is 93.7 cm³/mol. The van der Waals surface area contributed by atoms with Gasteiger partial charge in [-0.1, -0.05) is 38.1 Å². The van der Waals surface area contributed by atoms with Crippen molar-refractivity contribution in [2.45, 2.75) is 32.9 Å². The third-order valence-electron chi connectivity index (χ3n) is 4.98. The van der Waals surface area contributed by atoms with Gasteiger partial charge in [-0.25, -0.2) is 0 Å². The highest BCUT2D eigenvalue weighted by Gasteiger charge is 2.46. The molecule has 5 heteroatoms. The molecule has 0 saturated carbocycles. The molecule has 2 aromatic carbocycles. The molecular formula is C20H21NO4. The fourth-order valence-corrected chi connectivity index (χ4v) is 3.74. The monoisotopic (exact) mass is 339 g/mol. The summed E-state index contributed by atoms with van der Waals surface area (Å²) in [6, 6.07) is 13.9. The van der Waals surface area contributed by atoms with E-state index in [9.17, 15) is 4.79 Å². The summed E-state index contributed by atoms with van der Waals surface area (Å²) in [5.41, 5.74) is 2.70. The molecule has 2 aliphatic rings. The molecule has 0 saturated heterocycles. The van der Waals surface area contributed by atoms with Crippen LogP contribution in [0.3, 0.4) is 0 Å². The first-order chi connectivity index (χ1) is 12.0. The molecule has 25 heavy (non-hydrogen) atoms. The van der Waals surface area contributed by atoms with Gasteiger partial charge >= 0.3 is 5.97 Å². The zero-order valence-electron chi connectivity index (χ0n) is 14.5. The average Bonchev–Trinajstić information content (AvgIpc) is 3.04. The number of hydrogen-bond donors (Lipinski definition) is 1. The lowest BCUT2D eigenvalue weighted by Crippen LogP contribution is -2.40. The lowest BCUT2D eigenvalue weighted by molar-refractivity contribution is -0.154. The van der Waals surface area contributed by atoms with Crippen LogP contribution in [0.1, 0.15) is 44.0 Å². The molecule has 2 atom stereocenters. The highest BCUT2D eigenvalue weighted by molar-refractivity contribution is 5.68. The van der Waals surface area contributed by atoms with Crippen molar-refractivity contribution in [3.63, 3.8) is 0 Å². The Hall–Kier alpha value is -2.69. The minimum atomic E-state index is -0.353. The average molecular weight is 339 g/mol. The number of ether oxygens (including phenoxy) is 3. The lowest BCUT2D eigenvalue weighted by Gasteiger charge is -2.46.